The van der Waals surface area contributed by atoms with Gasteiger partial charge in [0.25, 0.3) is 5.95 Å². The minimum absolute atomic E-state index is 0.0902. The van der Waals surface area contributed by atoms with Crippen LogP contribution < -0.4 is 15.3 Å². The van der Waals surface area contributed by atoms with E-state index in [-0.39, 0.29) is 18.5 Å². The number of thiazole rings is 1. The Morgan fingerprint density at radius 1 is 1.11 bits per heavy atom. The van der Waals surface area contributed by atoms with Crippen molar-refractivity contribution in [3.63, 3.8) is 0 Å². The van der Waals surface area contributed by atoms with Crippen LogP contribution in [-0.4, -0.2) is 40.2 Å². The first-order valence-electron chi connectivity index (χ1n) is 11.0. The van der Waals surface area contributed by atoms with Gasteiger partial charge in [-0.25, -0.2) is 19.8 Å². The molecule has 0 aliphatic carbocycles. The molecular formula is C25H26N6O3S. The summed E-state index contributed by atoms with van der Waals surface area (Å²) in [7, 11) is 1.61. The van der Waals surface area contributed by atoms with Crippen molar-refractivity contribution in [2.24, 2.45) is 15.7 Å². The van der Waals surface area contributed by atoms with E-state index in [1.54, 1.807) is 25.5 Å². The van der Waals surface area contributed by atoms with Gasteiger partial charge in [0, 0.05) is 5.39 Å². The lowest BCUT2D eigenvalue weighted by molar-refractivity contribution is 0.0531. The molecule has 0 amide bonds. The molecule has 2 aromatic heterocycles. The van der Waals surface area contributed by atoms with Crippen LogP contribution >= 0.6 is 11.3 Å². The predicted octanol–water partition coefficient (Wildman–Crippen LogP) is 4.33. The Hall–Kier alpha value is -4.05. The van der Waals surface area contributed by atoms with Crippen molar-refractivity contribution in [2.45, 2.75) is 27.7 Å². The zero-order chi connectivity index (χ0) is 25.1. The lowest BCUT2D eigenvalue weighted by atomic mass is 10.2. The van der Waals surface area contributed by atoms with Gasteiger partial charge >= 0.3 is 5.97 Å². The molecular weight excluding hydrogens is 464 g/mol. The summed E-state index contributed by atoms with van der Waals surface area (Å²) in [6.45, 7) is 7.68. The van der Waals surface area contributed by atoms with Crippen LogP contribution in [0.25, 0.3) is 10.9 Å². The van der Waals surface area contributed by atoms with Gasteiger partial charge in [0.15, 0.2) is 4.80 Å². The Balaban J connectivity index is 1.86. The summed E-state index contributed by atoms with van der Waals surface area (Å²) in [6, 6.07) is 13.3. The molecule has 0 unspecified atom stereocenters. The summed E-state index contributed by atoms with van der Waals surface area (Å²) in [6.07, 6.45) is 0. The first-order valence-corrected chi connectivity index (χ1v) is 11.8. The van der Waals surface area contributed by atoms with Crippen molar-refractivity contribution in [1.29, 1.82) is 0 Å². The third kappa shape index (κ3) is 5.07. The summed E-state index contributed by atoms with van der Waals surface area (Å²) in [4.78, 5) is 31.7. The number of benzene rings is 2. The van der Waals surface area contributed by atoms with Gasteiger partial charge in [-0.1, -0.05) is 29.0 Å². The number of aromatic nitrogens is 3. The fourth-order valence-corrected chi connectivity index (χ4v) is 4.53. The molecule has 0 radical (unpaired) electrons. The zero-order valence-corrected chi connectivity index (χ0v) is 21.0. The molecule has 0 atom stereocenters. The highest BCUT2D eigenvalue weighted by Crippen LogP contribution is 2.24. The molecule has 0 aliphatic heterocycles. The topological polar surface area (TPSA) is 117 Å². The number of ether oxygens (including phenoxy) is 2. The number of carbonyl (C=O) groups is 1. The number of hydrogen-bond acceptors (Lipinski definition) is 8. The SMILES string of the molecule is CCOC(=O)c1sc(=Nc2ccc(C)cc2)n(/C(N)=N/c2nc(C)c3cc(OC)ccc3n2)c1C. The van der Waals surface area contributed by atoms with Crippen LogP contribution in [0.3, 0.4) is 0 Å². The second kappa shape index (κ2) is 10.1. The Labute approximate surface area is 206 Å². The molecule has 4 aromatic rings. The summed E-state index contributed by atoms with van der Waals surface area (Å²) in [5, 5.41) is 0.862. The molecule has 10 heteroatoms. The standard InChI is InChI=1S/C25H26N6O3S/c1-6-34-22(32)21-16(4)31(25(35-21)28-17-9-7-14(2)8-10-17)23(26)30-24-27-15(3)19-13-18(33-5)11-12-20(19)29-24/h7-13H,6H2,1-5H3,(H2,26,27,29,30). The van der Waals surface area contributed by atoms with Crippen molar-refractivity contribution in [3.05, 3.63) is 69.1 Å². The number of rotatable bonds is 5. The second-order valence-corrected chi connectivity index (χ2v) is 8.74. The highest BCUT2D eigenvalue weighted by molar-refractivity contribution is 7.11. The molecule has 2 aromatic carbocycles. The Kier molecular flexibility index (Phi) is 6.92. The Morgan fingerprint density at radius 3 is 2.54 bits per heavy atom. The molecule has 9 nitrogen and oxygen atoms in total. The van der Waals surface area contributed by atoms with Gasteiger partial charge in [0.2, 0.25) is 5.96 Å². The maximum Gasteiger partial charge on any atom is 0.350 e. The van der Waals surface area contributed by atoms with Crippen molar-refractivity contribution in [3.8, 4) is 5.75 Å². The average Bonchev–Trinajstić information content (AvgIpc) is 3.16. The minimum Gasteiger partial charge on any atom is -0.497 e. The van der Waals surface area contributed by atoms with Crippen molar-refractivity contribution < 1.29 is 14.3 Å². The van der Waals surface area contributed by atoms with Gasteiger partial charge in [0.05, 0.1) is 36.3 Å². The smallest absolute Gasteiger partial charge is 0.350 e. The molecule has 2 N–H and O–H groups in total. The third-order valence-electron chi connectivity index (χ3n) is 5.29. The van der Waals surface area contributed by atoms with Crippen molar-refractivity contribution >= 4 is 45.8 Å². The van der Waals surface area contributed by atoms with E-state index in [4.69, 9.17) is 20.2 Å². The van der Waals surface area contributed by atoms with Crippen molar-refractivity contribution in [2.75, 3.05) is 13.7 Å². The molecule has 35 heavy (non-hydrogen) atoms. The van der Waals surface area contributed by atoms with Gasteiger partial charge < -0.3 is 15.2 Å². The first kappa shape index (κ1) is 24.1. The minimum atomic E-state index is -0.436. The maximum atomic E-state index is 12.6. The molecule has 4 rings (SSSR count). The number of nitrogens with two attached hydrogens (primary N) is 1. The van der Waals surface area contributed by atoms with Crippen LogP contribution in [0, 0.1) is 20.8 Å². The van der Waals surface area contributed by atoms with E-state index in [2.05, 4.69) is 15.0 Å². The fourth-order valence-electron chi connectivity index (χ4n) is 3.49. The first-order chi connectivity index (χ1) is 16.8. The van der Waals surface area contributed by atoms with Crippen LogP contribution in [0.1, 0.15) is 33.5 Å². The van der Waals surface area contributed by atoms with Crippen LogP contribution in [0.5, 0.6) is 5.75 Å². The number of esters is 1. The third-order valence-corrected chi connectivity index (χ3v) is 6.42. The summed E-state index contributed by atoms with van der Waals surface area (Å²) < 4.78 is 12.1. The highest BCUT2D eigenvalue weighted by Gasteiger charge is 2.20. The quantitative estimate of drug-likeness (QED) is 0.253. The Morgan fingerprint density at radius 2 is 1.86 bits per heavy atom. The summed E-state index contributed by atoms with van der Waals surface area (Å²) >= 11 is 1.19. The second-order valence-electron chi connectivity index (χ2n) is 7.76. The number of aliphatic imine (C=N–C) groups is 1. The normalized spacial score (nSPS) is 12.3. The van der Waals surface area contributed by atoms with E-state index in [1.807, 2.05) is 56.3 Å². The number of carbonyl (C=O) groups excluding carboxylic acids is 1. The number of aryl methyl sites for hydroxylation is 2. The van der Waals surface area contributed by atoms with Crippen LogP contribution in [0.15, 0.2) is 52.4 Å². The molecule has 0 bridgehead atoms. The summed E-state index contributed by atoms with van der Waals surface area (Å²) in [5.41, 5.74) is 10.3. The Bertz CT molecular complexity index is 1500. The predicted molar refractivity (Wildman–Crippen MR) is 137 cm³/mol. The lowest BCUT2D eigenvalue weighted by Gasteiger charge is -2.08. The lowest BCUT2D eigenvalue weighted by Crippen LogP contribution is -2.31. The van der Waals surface area contributed by atoms with Crippen LogP contribution in [-0.2, 0) is 4.74 Å². The monoisotopic (exact) mass is 490 g/mol. The molecule has 2 heterocycles. The number of hydrogen-bond donors (Lipinski definition) is 1. The van der Waals surface area contributed by atoms with Crippen molar-refractivity contribution in [1.82, 2.24) is 14.5 Å². The summed E-state index contributed by atoms with van der Waals surface area (Å²) in [5.74, 6) is 0.578. The molecule has 0 saturated heterocycles. The van der Waals surface area contributed by atoms with Crippen LogP contribution in [0.4, 0.5) is 11.6 Å². The molecule has 0 aliphatic rings. The van der Waals surface area contributed by atoms with E-state index in [9.17, 15) is 4.79 Å². The van der Waals surface area contributed by atoms with Crippen LogP contribution in [0.2, 0.25) is 0 Å². The zero-order valence-electron chi connectivity index (χ0n) is 20.2. The van der Waals surface area contributed by atoms with E-state index < -0.39 is 5.97 Å². The van der Waals surface area contributed by atoms with E-state index >= 15 is 0 Å². The van der Waals surface area contributed by atoms with Gasteiger partial charge in [-0.2, -0.15) is 4.99 Å². The van der Waals surface area contributed by atoms with E-state index in [0.717, 1.165) is 28.1 Å². The number of nitrogens with zero attached hydrogens (tertiary/aromatic N) is 5. The van der Waals surface area contributed by atoms with E-state index in [1.165, 1.54) is 11.3 Å². The van der Waals surface area contributed by atoms with Gasteiger partial charge in [-0.05, 0) is 58.0 Å². The fraction of sp³-hybridized carbons (Fsp3) is 0.240. The molecule has 0 spiro atoms. The van der Waals surface area contributed by atoms with Gasteiger partial charge in [-0.15, -0.1) is 0 Å². The number of methoxy groups -OCH3 is 1. The average molecular weight is 491 g/mol. The van der Waals surface area contributed by atoms with E-state index in [0.29, 0.717) is 20.9 Å². The largest absolute Gasteiger partial charge is 0.497 e. The highest BCUT2D eigenvalue weighted by atomic mass is 32.1. The van der Waals surface area contributed by atoms with Gasteiger partial charge in [-0.3, -0.25) is 4.57 Å². The number of fused-ring (bicyclic) bond motifs is 1. The molecule has 0 saturated carbocycles. The molecule has 0 fully saturated rings. The van der Waals surface area contributed by atoms with Gasteiger partial charge in [0.1, 0.15) is 10.6 Å². The maximum absolute atomic E-state index is 12.6. The molecule has 180 valence electrons.